The second-order valence-corrected chi connectivity index (χ2v) is 5.91. The molecule has 0 saturated carbocycles. The molecule has 0 saturated heterocycles. The first-order chi connectivity index (χ1) is 13.7. The number of hydrogen-bond acceptors (Lipinski definition) is 7. The Morgan fingerprint density at radius 3 is 2.54 bits per heavy atom. The van der Waals surface area contributed by atoms with E-state index in [0.717, 1.165) is 11.4 Å². The van der Waals surface area contributed by atoms with E-state index in [0.29, 0.717) is 29.6 Å². The lowest BCUT2D eigenvalue weighted by Gasteiger charge is -2.08. The van der Waals surface area contributed by atoms with Crippen molar-refractivity contribution < 1.29 is 19.0 Å². The zero-order chi connectivity index (χ0) is 19.3. The molecule has 1 aromatic heterocycles. The largest absolute Gasteiger partial charge is 0.494 e. The van der Waals surface area contributed by atoms with E-state index in [-0.39, 0.29) is 18.4 Å². The molecule has 0 fully saturated rings. The maximum atomic E-state index is 12.3. The van der Waals surface area contributed by atoms with Gasteiger partial charge in [-0.25, -0.2) is 0 Å². The molecule has 4 rings (SSSR count). The average Bonchev–Trinajstić information content (AvgIpc) is 3.18. The van der Waals surface area contributed by atoms with Crippen LogP contribution in [0.1, 0.15) is 17.4 Å². The van der Waals surface area contributed by atoms with Gasteiger partial charge in [-0.2, -0.15) is 0 Å². The number of hydrogen-bond donors (Lipinski definition) is 2. The Hall–Kier alpha value is -3.81. The van der Waals surface area contributed by atoms with Crippen molar-refractivity contribution in [1.82, 2.24) is 10.2 Å². The molecule has 0 radical (unpaired) electrons. The molecular formula is C20H18N4O4. The molecule has 0 unspecified atom stereocenters. The Morgan fingerprint density at radius 2 is 1.79 bits per heavy atom. The van der Waals surface area contributed by atoms with Gasteiger partial charge in [0.25, 0.3) is 5.91 Å². The van der Waals surface area contributed by atoms with Crippen LogP contribution in [0, 0.1) is 0 Å². The number of aromatic nitrogens is 2. The second kappa shape index (κ2) is 7.83. The van der Waals surface area contributed by atoms with Gasteiger partial charge in [0.05, 0.1) is 6.61 Å². The molecule has 2 N–H and O–H groups in total. The number of carbonyl (C=O) groups is 1. The van der Waals surface area contributed by atoms with E-state index in [1.54, 1.807) is 36.4 Å². The van der Waals surface area contributed by atoms with Crippen molar-refractivity contribution in [2.24, 2.45) is 0 Å². The summed E-state index contributed by atoms with van der Waals surface area (Å²) in [4.78, 5) is 12.3. The zero-order valence-electron chi connectivity index (χ0n) is 15.1. The van der Waals surface area contributed by atoms with Crippen LogP contribution in [0.15, 0.2) is 54.6 Å². The molecule has 142 valence electrons. The molecule has 28 heavy (non-hydrogen) atoms. The predicted molar refractivity (Wildman–Crippen MR) is 103 cm³/mol. The highest BCUT2D eigenvalue weighted by Crippen LogP contribution is 2.34. The molecule has 8 nitrogen and oxygen atoms in total. The highest BCUT2D eigenvalue weighted by atomic mass is 16.7. The number of carbonyl (C=O) groups excluding carboxylic acids is 1. The van der Waals surface area contributed by atoms with E-state index < -0.39 is 0 Å². The molecule has 3 aromatic rings. The molecule has 0 aliphatic carbocycles. The van der Waals surface area contributed by atoms with Gasteiger partial charge in [0.2, 0.25) is 6.79 Å². The van der Waals surface area contributed by atoms with Crippen molar-refractivity contribution in [3.05, 3.63) is 60.3 Å². The van der Waals surface area contributed by atoms with Gasteiger partial charge in [-0.05, 0) is 55.5 Å². The van der Waals surface area contributed by atoms with Crippen LogP contribution in [0.25, 0.3) is 0 Å². The summed E-state index contributed by atoms with van der Waals surface area (Å²) in [6, 6.07) is 15.9. The van der Waals surface area contributed by atoms with E-state index in [2.05, 4.69) is 20.8 Å². The Kier molecular flexibility index (Phi) is 4.92. The lowest BCUT2D eigenvalue weighted by atomic mass is 10.2. The monoisotopic (exact) mass is 378 g/mol. The van der Waals surface area contributed by atoms with E-state index in [1.807, 2.05) is 25.1 Å². The van der Waals surface area contributed by atoms with Crippen molar-refractivity contribution in [2.45, 2.75) is 6.92 Å². The van der Waals surface area contributed by atoms with Crippen LogP contribution < -0.4 is 24.8 Å². The number of fused-ring (bicyclic) bond motifs is 1. The quantitative estimate of drug-likeness (QED) is 0.677. The number of nitrogens with zero attached hydrogens (tertiary/aromatic N) is 2. The smallest absolute Gasteiger partial charge is 0.276 e. The van der Waals surface area contributed by atoms with Gasteiger partial charge in [0.15, 0.2) is 23.0 Å². The molecule has 1 aliphatic rings. The number of anilines is 3. The van der Waals surface area contributed by atoms with Crippen LogP contribution in [0.3, 0.4) is 0 Å². The van der Waals surface area contributed by atoms with Crippen LogP contribution in [0.4, 0.5) is 17.2 Å². The summed E-state index contributed by atoms with van der Waals surface area (Å²) >= 11 is 0. The molecule has 0 bridgehead atoms. The van der Waals surface area contributed by atoms with Gasteiger partial charge in [-0.1, -0.05) is 0 Å². The number of nitrogens with one attached hydrogen (secondary N) is 2. The molecule has 1 amide bonds. The van der Waals surface area contributed by atoms with Crippen molar-refractivity contribution in [3.63, 3.8) is 0 Å². The Morgan fingerprint density at radius 1 is 1.00 bits per heavy atom. The van der Waals surface area contributed by atoms with E-state index in [9.17, 15) is 4.79 Å². The highest BCUT2D eigenvalue weighted by Gasteiger charge is 2.14. The minimum Gasteiger partial charge on any atom is -0.494 e. The number of rotatable bonds is 6. The van der Waals surface area contributed by atoms with E-state index in [4.69, 9.17) is 14.2 Å². The van der Waals surface area contributed by atoms with Gasteiger partial charge in [0.1, 0.15) is 5.75 Å². The van der Waals surface area contributed by atoms with Crippen molar-refractivity contribution in [1.29, 1.82) is 0 Å². The summed E-state index contributed by atoms with van der Waals surface area (Å²) in [7, 11) is 0. The summed E-state index contributed by atoms with van der Waals surface area (Å²) in [5, 5.41) is 13.9. The molecule has 0 atom stereocenters. The molecule has 2 heterocycles. The van der Waals surface area contributed by atoms with Gasteiger partial charge in [0, 0.05) is 17.4 Å². The lowest BCUT2D eigenvalue weighted by molar-refractivity contribution is 0.102. The maximum Gasteiger partial charge on any atom is 0.276 e. The van der Waals surface area contributed by atoms with Gasteiger partial charge >= 0.3 is 0 Å². The molecule has 1 aliphatic heterocycles. The van der Waals surface area contributed by atoms with Gasteiger partial charge in [-0.15, -0.1) is 10.2 Å². The Bertz CT molecular complexity index is 975. The fourth-order valence-corrected chi connectivity index (χ4v) is 2.64. The number of ether oxygens (including phenoxy) is 3. The minimum absolute atomic E-state index is 0.213. The van der Waals surface area contributed by atoms with Crippen molar-refractivity contribution in [2.75, 3.05) is 24.0 Å². The summed E-state index contributed by atoms with van der Waals surface area (Å²) in [5.41, 5.74) is 1.65. The summed E-state index contributed by atoms with van der Waals surface area (Å²) in [5.74, 6) is 2.30. The van der Waals surface area contributed by atoms with Crippen molar-refractivity contribution in [3.8, 4) is 17.2 Å². The lowest BCUT2D eigenvalue weighted by Crippen LogP contribution is -2.14. The number of amides is 1. The maximum absolute atomic E-state index is 12.3. The van der Waals surface area contributed by atoms with Crippen LogP contribution in [-0.4, -0.2) is 29.5 Å². The molecule has 2 aromatic carbocycles. The highest BCUT2D eigenvalue weighted by molar-refractivity contribution is 6.02. The van der Waals surface area contributed by atoms with Crippen LogP contribution in [0.5, 0.6) is 17.2 Å². The zero-order valence-corrected chi connectivity index (χ0v) is 15.1. The molecule has 0 spiro atoms. The first-order valence-corrected chi connectivity index (χ1v) is 8.76. The Labute approximate surface area is 161 Å². The molecular weight excluding hydrogens is 360 g/mol. The van der Waals surface area contributed by atoms with Gasteiger partial charge < -0.3 is 24.8 Å². The summed E-state index contributed by atoms with van der Waals surface area (Å²) in [6.45, 7) is 2.73. The topological polar surface area (TPSA) is 94.6 Å². The third-order valence-electron chi connectivity index (χ3n) is 3.97. The third kappa shape index (κ3) is 3.96. The summed E-state index contributed by atoms with van der Waals surface area (Å²) in [6.07, 6.45) is 0. The van der Waals surface area contributed by atoms with Crippen molar-refractivity contribution >= 4 is 23.1 Å². The van der Waals surface area contributed by atoms with E-state index in [1.165, 1.54) is 0 Å². The van der Waals surface area contributed by atoms with Crippen LogP contribution in [-0.2, 0) is 0 Å². The fourth-order valence-electron chi connectivity index (χ4n) is 2.64. The standard InChI is InChI=1S/C20H18N4O4/c1-2-26-15-6-3-13(4-7-15)22-20(25)16-8-10-19(24-23-16)21-14-5-9-17-18(11-14)28-12-27-17/h3-11H,2,12H2,1H3,(H,21,24)(H,22,25). The Balaban J connectivity index is 1.39. The predicted octanol–water partition coefficient (Wildman–Crippen LogP) is 3.60. The SMILES string of the molecule is CCOc1ccc(NC(=O)c2ccc(Nc3ccc4c(c3)OCO4)nn2)cc1. The first kappa shape index (κ1) is 17.6. The van der Waals surface area contributed by atoms with E-state index >= 15 is 0 Å². The van der Waals surface area contributed by atoms with Crippen LogP contribution in [0.2, 0.25) is 0 Å². The first-order valence-electron chi connectivity index (χ1n) is 8.76. The second-order valence-electron chi connectivity index (χ2n) is 5.91. The molecule has 8 heteroatoms. The normalized spacial score (nSPS) is 11.8. The summed E-state index contributed by atoms with van der Waals surface area (Å²) < 4.78 is 16.0. The number of benzene rings is 2. The van der Waals surface area contributed by atoms with Gasteiger partial charge in [-0.3, -0.25) is 4.79 Å². The minimum atomic E-state index is -0.341. The fraction of sp³-hybridized carbons (Fsp3) is 0.150. The van der Waals surface area contributed by atoms with Crippen LogP contribution >= 0.6 is 0 Å². The third-order valence-corrected chi connectivity index (χ3v) is 3.97. The average molecular weight is 378 g/mol.